The number of carbonyl (C=O) groups excluding carboxylic acids is 1. The molecule has 2 saturated heterocycles. The largest absolute Gasteiger partial charge is 0.472 e. The van der Waals surface area contributed by atoms with E-state index in [4.69, 9.17) is 13.9 Å². The Bertz CT molecular complexity index is 699. The highest BCUT2D eigenvalue weighted by atomic mass is 32.1. The second-order valence-electron chi connectivity index (χ2n) is 6.22. The van der Waals surface area contributed by atoms with Crippen molar-refractivity contribution in [2.45, 2.75) is 44.6 Å². The van der Waals surface area contributed by atoms with Gasteiger partial charge >= 0.3 is 0 Å². The third-order valence-corrected chi connectivity index (χ3v) is 5.44. The first kappa shape index (κ1) is 15.8. The minimum Gasteiger partial charge on any atom is -0.472 e. The van der Waals surface area contributed by atoms with Crippen molar-refractivity contribution in [3.8, 4) is 0 Å². The normalized spacial score (nSPS) is 26.5. The van der Waals surface area contributed by atoms with E-state index < -0.39 is 0 Å². The van der Waals surface area contributed by atoms with Gasteiger partial charge in [0.2, 0.25) is 0 Å². The van der Waals surface area contributed by atoms with Crippen LogP contribution in [0.15, 0.2) is 28.4 Å². The van der Waals surface area contributed by atoms with Gasteiger partial charge in [-0.3, -0.25) is 4.79 Å². The highest BCUT2D eigenvalue weighted by molar-refractivity contribution is 7.09. The monoisotopic (exact) mass is 348 g/mol. The summed E-state index contributed by atoms with van der Waals surface area (Å²) in [6, 6.07) is 1.77. The van der Waals surface area contributed by atoms with Crippen molar-refractivity contribution in [3.05, 3.63) is 40.2 Å². The maximum atomic E-state index is 12.7. The Balaban J connectivity index is 1.47. The van der Waals surface area contributed by atoms with Crippen molar-refractivity contribution in [3.63, 3.8) is 0 Å². The second kappa shape index (κ2) is 6.66. The van der Waals surface area contributed by atoms with Crippen molar-refractivity contribution in [2.75, 3.05) is 13.2 Å². The van der Waals surface area contributed by atoms with Gasteiger partial charge in [-0.05, 0) is 25.8 Å². The zero-order valence-corrected chi connectivity index (χ0v) is 14.3. The Morgan fingerprint density at radius 3 is 3.21 bits per heavy atom. The predicted octanol–water partition coefficient (Wildman–Crippen LogP) is 2.63. The lowest BCUT2D eigenvalue weighted by molar-refractivity contribution is -0.0814. The van der Waals surface area contributed by atoms with Gasteiger partial charge in [0.05, 0.1) is 41.7 Å². The van der Waals surface area contributed by atoms with Gasteiger partial charge in [-0.25, -0.2) is 4.98 Å². The molecule has 3 atom stereocenters. The summed E-state index contributed by atoms with van der Waals surface area (Å²) in [4.78, 5) is 19.0. The number of fused-ring (bicyclic) bond motifs is 1. The summed E-state index contributed by atoms with van der Waals surface area (Å²) >= 11 is 1.62. The van der Waals surface area contributed by atoms with Gasteiger partial charge in [0.1, 0.15) is 18.5 Å². The summed E-state index contributed by atoms with van der Waals surface area (Å²) < 4.78 is 17.1. The van der Waals surface area contributed by atoms with E-state index in [2.05, 4.69) is 4.98 Å². The standard InChI is InChI=1S/C17H20N2O4S/c1-11-18-13(10-24-11)9-23-15-7-19(14-3-2-5-22-16(14)15)17(20)12-4-6-21-8-12/h4,6,8,10,14-16H,2-3,5,7,9H2,1H3/t14-,15+,16+/m0/s1. The molecule has 0 radical (unpaired) electrons. The Morgan fingerprint density at radius 2 is 2.46 bits per heavy atom. The summed E-state index contributed by atoms with van der Waals surface area (Å²) in [7, 11) is 0. The van der Waals surface area contributed by atoms with E-state index in [-0.39, 0.29) is 24.2 Å². The average Bonchev–Trinajstić information content (AvgIpc) is 3.32. The number of hydrogen-bond donors (Lipinski definition) is 0. The van der Waals surface area contributed by atoms with Crippen LogP contribution in [-0.2, 0) is 16.1 Å². The lowest BCUT2D eigenvalue weighted by Gasteiger charge is -2.32. The van der Waals surface area contributed by atoms with Crippen molar-refractivity contribution >= 4 is 17.2 Å². The summed E-state index contributed by atoms with van der Waals surface area (Å²) in [5.41, 5.74) is 1.51. The number of rotatable bonds is 4. The van der Waals surface area contributed by atoms with Crippen LogP contribution >= 0.6 is 11.3 Å². The Morgan fingerprint density at radius 1 is 1.54 bits per heavy atom. The van der Waals surface area contributed by atoms with Crippen LogP contribution in [0.1, 0.15) is 33.9 Å². The van der Waals surface area contributed by atoms with E-state index in [1.54, 1.807) is 17.4 Å². The Hall–Kier alpha value is -1.70. The number of aryl methyl sites for hydroxylation is 1. The van der Waals surface area contributed by atoms with Gasteiger partial charge in [-0.1, -0.05) is 0 Å². The van der Waals surface area contributed by atoms with E-state index in [0.29, 0.717) is 18.7 Å². The van der Waals surface area contributed by atoms with Gasteiger partial charge in [0.15, 0.2) is 0 Å². The Kier molecular flexibility index (Phi) is 4.39. The molecule has 2 aliphatic heterocycles. The van der Waals surface area contributed by atoms with Crippen LogP contribution < -0.4 is 0 Å². The molecule has 0 aromatic carbocycles. The molecule has 2 aliphatic rings. The summed E-state index contributed by atoms with van der Waals surface area (Å²) in [6.07, 6.45) is 4.75. The summed E-state index contributed by atoms with van der Waals surface area (Å²) in [5.74, 6) is -0.0140. The van der Waals surface area contributed by atoms with Gasteiger partial charge in [-0.15, -0.1) is 11.3 Å². The fraction of sp³-hybridized carbons (Fsp3) is 0.529. The minimum absolute atomic E-state index is 0.0140. The van der Waals surface area contributed by atoms with Crippen molar-refractivity contribution in [1.29, 1.82) is 0 Å². The molecule has 2 fully saturated rings. The lowest BCUT2D eigenvalue weighted by Crippen LogP contribution is -2.43. The minimum atomic E-state index is -0.117. The molecular formula is C17H20N2O4S. The number of furan rings is 1. The van der Waals surface area contributed by atoms with E-state index >= 15 is 0 Å². The van der Waals surface area contributed by atoms with Crippen LogP contribution in [0, 0.1) is 6.92 Å². The van der Waals surface area contributed by atoms with Gasteiger partial charge < -0.3 is 18.8 Å². The number of carbonyl (C=O) groups is 1. The van der Waals surface area contributed by atoms with Crippen LogP contribution in [-0.4, -0.2) is 47.2 Å². The number of likely N-dealkylation sites (tertiary alicyclic amines) is 1. The fourth-order valence-corrected chi connectivity index (χ4v) is 4.11. The molecule has 1 amide bonds. The van der Waals surface area contributed by atoms with Crippen LogP contribution in [0.2, 0.25) is 0 Å². The van der Waals surface area contributed by atoms with Gasteiger partial charge in [0.25, 0.3) is 5.91 Å². The summed E-state index contributed by atoms with van der Waals surface area (Å²) in [5, 5.41) is 3.04. The number of nitrogens with zero attached hydrogens (tertiary/aromatic N) is 2. The molecular weight excluding hydrogens is 328 g/mol. The first-order chi connectivity index (χ1) is 11.7. The van der Waals surface area contributed by atoms with E-state index in [9.17, 15) is 4.79 Å². The Labute approximate surface area is 144 Å². The van der Waals surface area contributed by atoms with E-state index in [0.717, 1.165) is 30.2 Å². The van der Waals surface area contributed by atoms with Crippen molar-refractivity contribution in [1.82, 2.24) is 9.88 Å². The molecule has 2 aromatic rings. The van der Waals surface area contributed by atoms with Crippen molar-refractivity contribution < 1.29 is 18.7 Å². The molecule has 0 saturated carbocycles. The predicted molar refractivity (Wildman–Crippen MR) is 87.9 cm³/mol. The molecule has 0 N–H and O–H groups in total. The van der Waals surface area contributed by atoms with Gasteiger partial charge in [0, 0.05) is 12.0 Å². The zero-order chi connectivity index (χ0) is 16.5. The fourth-order valence-electron chi connectivity index (χ4n) is 3.51. The van der Waals surface area contributed by atoms with Crippen molar-refractivity contribution in [2.24, 2.45) is 0 Å². The number of thiazole rings is 1. The molecule has 4 heterocycles. The number of aromatic nitrogens is 1. The van der Waals surface area contributed by atoms with E-state index in [1.165, 1.54) is 12.5 Å². The molecule has 0 bridgehead atoms. The molecule has 0 unspecified atom stereocenters. The first-order valence-electron chi connectivity index (χ1n) is 8.20. The maximum Gasteiger partial charge on any atom is 0.257 e. The summed E-state index contributed by atoms with van der Waals surface area (Å²) in [6.45, 7) is 3.71. The van der Waals surface area contributed by atoms with Gasteiger partial charge in [-0.2, -0.15) is 0 Å². The molecule has 24 heavy (non-hydrogen) atoms. The van der Waals surface area contributed by atoms with E-state index in [1.807, 2.05) is 17.2 Å². The molecule has 0 aliphatic carbocycles. The van der Waals surface area contributed by atoms with Crippen LogP contribution in [0.4, 0.5) is 0 Å². The van der Waals surface area contributed by atoms with Crippen LogP contribution in [0.25, 0.3) is 0 Å². The zero-order valence-electron chi connectivity index (χ0n) is 13.5. The molecule has 0 spiro atoms. The SMILES string of the molecule is Cc1nc(CO[C@@H]2CN(C(=O)c3ccoc3)[C@H]3CCCO[C@@H]23)cs1. The molecule has 4 rings (SSSR count). The number of amides is 1. The second-order valence-corrected chi connectivity index (χ2v) is 7.28. The average molecular weight is 348 g/mol. The third-order valence-electron chi connectivity index (χ3n) is 4.62. The van der Waals surface area contributed by atoms with Crippen LogP contribution in [0.3, 0.4) is 0 Å². The molecule has 7 heteroatoms. The number of hydrogen-bond acceptors (Lipinski definition) is 6. The highest BCUT2D eigenvalue weighted by Crippen LogP contribution is 2.32. The van der Waals surface area contributed by atoms with Crippen LogP contribution in [0.5, 0.6) is 0 Å². The lowest BCUT2D eigenvalue weighted by atomic mass is 10.0. The number of ether oxygens (including phenoxy) is 2. The quantitative estimate of drug-likeness (QED) is 0.850. The molecule has 6 nitrogen and oxygen atoms in total. The molecule has 128 valence electrons. The third kappa shape index (κ3) is 2.99. The smallest absolute Gasteiger partial charge is 0.257 e. The highest BCUT2D eigenvalue weighted by Gasteiger charge is 2.47. The topological polar surface area (TPSA) is 64.8 Å². The maximum absolute atomic E-state index is 12.7. The first-order valence-corrected chi connectivity index (χ1v) is 9.08. The molecule has 2 aromatic heterocycles.